The van der Waals surface area contributed by atoms with Gasteiger partial charge in [0.15, 0.2) is 0 Å². The molecule has 1 aliphatic rings. The standard InChI is InChI=1S/C14H24BFO4/c1-6-18-12(17)10-8-7-9-11(16)15-19-13(2,3)14(4,5)20-15/h9H,6-8,10H2,1-5H3. The molecule has 1 fully saturated rings. The molecule has 1 aliphatic heterocycles. The van der Waals surface area contributed by atoms with Crippen molar-refractivity contribution < 1.29 is 23.2 Å². The van der Waals surface area contributed by atoms with Crippen LogP contribution < -0.4 is 0 Å². The van der Waals surface area contributed by atoms with Crippen molar-refractivity contribution in [2.24, 2.45) is 0 Å². The molecule has 0 aromatic rings. The van der Waals surface area contributed by atoms with Gasteiger partial charge in [-0.05, 0) is 47.5 Å². The van der Waals surface area contributed by atoms with Crippen LogP contribution in [0.1, 0.15) is 53.9 Å². The maximum atomic E-state index is 14.0. The minimum atomic E-state index is -0.956. The Hall–Kier alpha value is -0.875. The lowest BCUT2D eigenvalue weighted by atomic mass is 9.87. The number of halogens is 1. The largest absolute Gasteiger partial charge is 0.524 e. The third-order valence-electron chi connectivity index (χ3n) is 3.71. The van der Waals surface area contributed by atoms with E-state index in [0.717, 1.165) is 0 Å². The monoisotopic (exact) mass is 286 g/mol. The fourth-order valence-electron chi connectivity index (χ4n) is 1.77. The summed E-state index contributed by atoms with van der Waals surface area (Å²) in [4.78, 5) is 11.1. The van der Waals surface area contributed by atoms with Crippen molar-refractivity contribution in [2.45, 2.75) is 65.1 Å². The highest BCUT2D eigenvalue weighted by Gasteiger charge is 2.52. The molecular formula is C14H24BFO4. The minimum absolute atomic E-state index is 0.253. The van der Waals surface area contributed by atoms with E-state index in [2.05, 4.69) is 0 Å². The molecule has 6 heteroatoms. The molecule has 0 unspecified atom stereocenters. The molecule has 0 amide bonds. The molecule has 0 aliphatic carbocycles. The van der Waals surface area contributed by atoms with Gasteiger partial charge in [0.2, 0.25) is 0 Å². The average molecular weight is 286 g/mol. The zero-order valence-corrected chi connectivity index (χ0v) is 13.0. The van der Waals surface area contributed by atoms with Gasteiger partial charge in [0.05, 0.1) is 17.8 Å². The van der Waals surface area contributed by atoms with E-state index in [1.54, 1.807) is 6.92 Å². The van der Waals surface area contributed by atoms with Gasteiger partial charge < -0.3 is 14.0 Å². The first-order valence-corrected chi connectivity index (χ1v) is 7.06. The number of allylic oxidation sites excluding steroid dienone is 1. The Bertz CT molecular complexity index is 363. The summed E-state index contributed by atoms with van der Waals surface area (Å²) in [7, 11) is -0.956. The normalized spacial score (nSPS) is 21.1. The lowest BCUT2D eigenvalue weighted by Crippen LogP contribution is -2.41. The third-order valence-corrected chi connectivity index (χ3v) is 3.71. The van der Waals surface area contributed by atoms with Crippen LogP contribution in [0.4, 0.5) is 4.39 Å². The molecule has 0 spiro atoms. The molecule has 1 heterocycles. The van der Waals surface area contributed by atoms with Crippen molar-refractivity contribution in [2.75, 3.05) is 6.61 Å². The van der Waals surface area contributed by atoms with Crippen molar-refractivity contribution >= 4 is 13.1 Å². The topological polar surface area (TPSA) is 44.8 Å². The summed E-state index contributed by atoms with van der Waals surface area (Å²) in [6.45, 7) is 9.64. The second-order valence-electron chi connectivity index (χ2n) is 5.87. The van der Waals surface area contributed by atoms with Crippen molar-refractivity contribution in [1.29, 1.82) is 0 Å². The van der Waals surface area contributed by atoms with Crippen LogP contribution in [0.2, 0.25) is 0 Å². The van der Waals surface area contributed by atoms with E-state index in [-0.39, 0.29) is 5.97 Å². The van der Waals surface area contributed by atoms with E-state index in [1.807, 2.05) is 27.7 Å². The highest BCUT2D eigenvalue weighted by Crippen LogP contribution is 2.38. The van der Waals surface area contributed by atoms with Crippen molar-refractivity contribution in [3.63, 3.8) is 0 Å². The van der Waals surface area contributed by atoms with Gasteiger partial charge >= 0.3 is 13.1 Å². The number of carbonyl (C=O) groups is 1. The summed E-state index contributed by atoms with van der Waals surface area (Å²) in [5, 5.41) is 0. The van der Waals surface area contributed by atoms with Crippen LogP contribution in [-0.4, -0.2) is 30.9 Å². The maximum absolute atomic E-state index is 14.0. The molecule has 0 saturated carbocycles. The van der Waals surface area contributed by atoms with Gasteiger partial charge in [-0.25, -0.2) is 4.39 Å². The molecule has 4 nitrogen and oxygen atoms in total. The number of unbranched alkanes of at least 4 members (excludes halogenated alkanes) is 1. The first-order chi connectivity index (χ1) is 9.19. The third kappa shape index (κ3) is 4.31. The first kappa shape index (κ1) is 17.2. The fraction of sp³-hybridized carbons (Fsp3) is 0.786. The van der Waals surface area contributed by atoms with Gasteiger partial charge in [0, 0.05) is 6.42 Å². The minimum Gasteiger partial charge on any atom is -0.466 e. The van der Waals surface area contributed by atoms with Crippen molar-refractivity contribution in [3.8, 4) is 0 Å². The number of carbonyl (C=O) groups excluding carboxylic acids is 1. The van der Waals surface area contributed by atoms with Crippen LogP contribution in [-0.2, 0) is 18.8 Å². The summed E-state index contributed by atoms with van der Waals surface area (Å²) in [5.41, 5.74) is -1.53. The zero-order chi connectivity index (χ0) is 15.4. The second-order valence-corrected chi connectivity index (χ2v) is 5.87. The summed E-state index contributed by atoms with van der Waals surface area (Å²) in [6, 6.07) is 0. The Labute approximate surface area is 120 Å². The molecule has 0 aromatic heterocycles. The van der Waals surface area contributed by atoms with E-state index in [0.29, 0.717) is 25.9 Å². The van der Waals surface area contributed by atoms with Crippen LogP contribution in [0, 0.1) is 0 Å². The van der Waals surface area contributed by atoms with Gasteiger partial charge in [0.25, 0.3) is 0 Å². The van der Waals surface area contributed by atoms with Gasteiger partial charge in [-0.3, -0.25) is 4.79 Å². The second kappa shape index (κ2) is 6.72. The summed E-state index contributed by atoms with van der Waals surface area (Å²) >= 11 is 0. The SMILES string of the molecule is CCOC(=O)CCCC=C(F)B1OC(C)(C)C(C)(C)O1. The number of esters is 1. The van der Waals surface area contributed by atoms with Gasteiger partial charge in [-0.15, -0.1) is 0 Å². The quantitative estimate of drug-likeness (QED) is 0.427. The maximum Gasteiger partial charge on any atom is 0.524 e. The Morgan fingerprint density at radius 1 is 1.25 bits per heavy atom. The van der Waals surface area contributed by atoms with Gasteiger partial charge in [-0.1, -0.05) is 6.08 Å². The van der Waals surface area contributed by atoms with Crippen LogP contribution >= 0.6 is 0 Å². The number of rotatable bonds is 6. The number of hydrogen-bond acceptors (Lipinski definition) is 4. The van der Waals surface area contributed by atoms with Crippen LogP contribution in [0.15, 0.2) is 11.8 Å². The van der Waals surface area contributed by atoms with Crippen LogP contribution in [0.5, 0.6) is 0 Å². The summed E-state index contributed by atoms with van der Waals surface area (Å²) in [5.74, 6) is -0.253. The van der Waals surface area contributed by atoms with Crippen molar-refractivity contribution in [3.05, 3.63) is 11.8 Å². The molecule has 0 atom stereocenters. The van der Waals surface area contributed by atoms with Gasteiger partial charge in [-0.2, -0.15) is 0 Å². The number of hydrogen-bond donors (Lipinski definition) is 0. The van der Waals surface area contributed by atoms with Crippen LogP contribution in [0.25, 0.3) is 0 Å². The molecule has 0 bridgehead atoms. The predicted molar refractivity (Wildman–Crippen MR) is 75.8 cm³/mol. The van der Waals surface area contributed by atoms with E-state index >= 15 is 0 Å². The fourth-order valence-corrected chi connectivity index (χ4v) is 1.77. The molecule has 0 radical (unpaired) electrons. The zero-order valence-electron chi connectivity index (χ0n) is 13.0. The molecule has 0 N–H and O–H groups in total. The first-order valence-electron chi connectivity index (χ1n) is 7.06. The summed E-state index contributed by atoms with van der Waals surface area (Å²) in [6.07, 6.45) is 2.71. The lowest BCUT2D eigenvalue weighted by molar-refractivity contribution is -0.143. The molecular weight excluding hydrogens is 262 g/mol. The van der Waals surface area contributed by atoms with Gasteiger partial charge in [0.1, 0.15) is 5.73 Å². The van der Waals surface area contributed by atoms with Crippen molar-refractivity contribution in [1.82, 2.24) is 0 Å². The molecule has 20 heavy (non-hydrogen) atoms. The molecule has 0 aromatic carbocycles. The highest BCUT2D eigenvalue weighted by molar-refractivity contribution is 6.53. The van der Waals surface area contributed by atoms with E-state index < -0.39 is 24.0 Å². The smallest absolute Gasteiger partial charge is 0.466 e. The number of ether oxygens (including phenoxy) is 1. The van der Waals surface area contributed by atoms with E-state index in [9.17, 15) is 9.18 Å². The molecule has 1 rings (SSSR count). The lowest BCUT2D eigenvalue weighted by Gasteiger charge is -2.32. The Morgan fingerprint density at radius 3 is 2.30 bits per heavy atom. The Morgan fingerprint density at radius 2 is 1.80 bits per heavy atom. The molecule has 1 saturated heterocycles. The predicted octanol–water partition coefficient (Wildman–Crippen LogP) is 3.20. The highest BCUT2D eigenvalue weighted by atomic mass is 19.1. The van der Waals surface area contributed by atoms with E-state index in [1.165, 1.54) is 6.08 Å². The van der Waals surface area contributed by atoms with Crippen LogP contribution in [0.3, 0.4) is 0 Å². The molecule has 114 valence electrons. The van der Waals surface area contributed by atoms with E-state index in [4.69, 9.17) is 14.0 Å². The Kier molecular flexibility index (Phi) is 5.77. The summed E-state index contributed by atoms with van der Waals surface area (Å²) < 4.78 is 29.9. The average Bonchev–Trinajstić information content (AvgIpc) is 2.54. The Balaban J connectivity index is 2.41.